The molecule has 38 heavy (non-hydrogen) atoms. The maximum absolute atomic E-state index is 15.0. The molecule has 1 unspecified atom stereocenters. The van der Waals surface area contributed by atoms with E-state index in [9.17, 15) is 14.7 Å². The van der Waals surface area contributed by atoms with Crippen LogP contribution in [0.1, 0.15) is 46.1 Å². The van der Waals surface area contributed by atoms with E-state index in [2.05, 4.69) is 9.68 Å². The largest absolute Gasteiger partial charge is 0.471 e. The van der Waals surface area contributed by atoms with Gasteiger partial charge < -0.3 is 28.7 Å². The lowest BCUT2D eigenvalue weighted by Gasteiger charge is -2.28. The monoisotopic (exact) mass is 537 g/mol. The van der Waals surface area contributed by atoms with Crippen molar-refractivity contribution in [3.63, 3.8) is 0 Å². The first-order valence-electron chi connectivity index (χ1n) is 12.4. The standard InChI is InChI=1S/C24H27F2N3O7.C2H6/c1-24(2,32)34-9-6-21(30)28-7-3-15(4-8-28)22-18(25)11-16(12-19(22)26)29-13-17(36-23(29)31)14-33-20-5-10-35-27-20;1-2/h3,5,10-12,17,32H,4,6-9,13-14H2,1-2H3;1-2H3. The summed E-state index contributed by atoms with van der Waals surface area (Å²) < 4.78 is 50.4. The third kappa shape index (κ3) is 7.51. The number of amides is 2. The number of hydrogen-bond donors (Lipinski definition) is 1. The minimum absolute atomic E-state index is 0.00378. The SMILES string of the molecule is CC.CC(C)(O)OCCC(=O)N1CC=C(c2c(F)cc(N3CC(COc4ccon4)OC3=O)cc2F)CC1. The molecule has 1 N–H and O–H groups in total. The molecule has 2 aliphatic rings. The van der Waals surface area contributed by atoms with E-state index in [4.69, 9.17) is 14.2 Å². The summed E-state index contributed by atoms with van der Waals surface area (Å²) in [6.07, 6.45) is 1.90. The minimum atomic E-state index is -1.32. The number of aliphatic hydroxyl groups is 1. The first kappa shape index (κ1) is 29.1. The van der Waals surface area contributed by atoms with E-state index in [1.165, 1.54) is 26.2 Å². The summed E-state index contributed by atoms with van der Waals surface area (Å²) in [6, 6.07) is 3.68. The van der Waals surface area contributed by atoms with Crippen LogP contribution in [0.25, 0.3) is 5.57 Å². The summed E-state index contributed by atoms with van der Waals surface area (Å²) in [5.74, 6) is -2.90. The van der Waals surface area contributed by atoms with Gasteiger partial charge in [-0.1, -0.05) is 19.9 Å². The van der Waals surface area contributed by atoms with E-state index in [1.807, 2.05) is 13.8 Å². The van der Waals surface area contributed by atoms with E-state index in [1.54, 1.807) is 11.0 Å². The van der Waals surface area contributed by atoms with Crippen molar-refractivity contribution < 1.29 is 42.2 Å². The Morgan fingerprint density at radius 2 is 1.97 bits per heavy atom. The topological polar surface area (TPSA) is 115 Å². The van der Waals surface area contributed by atoms with Gasteiger partial charge in [0.25, 0.3) is 5.88 Å². The number of rotatable bonds is 9. The Balaban J connectivity index is 0.00000195. The fraction of sp³-hybridized carbons (Fsp3) is 0.500. The van der Waals surface area contributed by atoms with Crippen molar-refractivity contribution in [2.24, 2.45) is 0 Å². The molecule has 0 bridgehead atoms. The molecule has 2 aliphatic heterocycles. The maximum Gasteiger partial charge on any atom is 0.414 e. The van der Waals surface area contributed by atoms with Crippen LogP contribution in [0.2, 0.25) is 0 Å². The number of hydrogen-bond acceptors (Lipinski definition) is 8. The number of ether oxygens (including phenoxy) is 3. The highest BCUT2D eigenvalue weighted by atomic mass is 19.1. The van der Waals surface area contributed by atoms with Crippen LogP contribution in [-0.4, -0.2) is 71.9 Å². The second kappa shape index (κ2) is 12.8. The molecule has 0 spiro atoms. The summed E-state index contributed by atoms with van der Waals surface area (Å²) in [6.45, 7) is 7.55. The fourth-order valence-electron chi connectivity index (χ4n) is 3.96. The molecule has 0 radical (unpaired) electrons. The molecule has 208 valence electrons. The minimum Gasteiger partial charge on any atom is -0.471 e. The number of nitrogens with zero attached hydrogens (tertiary/aromatic N) is 3. The zero-order chi connectivity index (χ0) is 27.9. The second-order valence-electron chi connectivity index (χ2n) is 8.91. The molecular formula is C26H33F2N3O7. The van der Waals surface area contributed by atoms with Gasteiger partial charge in [-0.05, 0) is 43.1 Å². The van der Waals surface area contributed by atoms with E-state index < -0.39 is 29.6 Å². The first-order valence-corrected chi connectivity index (χ1v) is 12.4. The number of halogens is 2. The van der Waals surface area contributed by atoms with Crippen molar-refractivity contribution >= 4 is 23.3 Å². The van der Waals surface area contributed by atoms with Crippen molar-refractivity contribution in [2.75, 3.05) is 37.7 Å². The Labute approximate surface area is 219 Å². The van der Waals surface area contributed by atoms with Gasteiger partial charge in [0.05, 0.1) is 25.3 Å². The molecule has 3 heterocycles. The molecule has 10 nitrogen and oxygen atoms in total. The lowest BCUT2D eigenvalue weighted by Crippen LogP contribution is -2.36. The summed E-state index contributed by atoms with van der Waals surface area (Å²) in [7, 11) is 0. The van der Waals surface area contributed by atoms with Gasteiger partial charge in [-0.15, -0.1) is 0 Å². The average molecular weight is 538 g/mol. The van der Waals surface area contributed by atoms with Gasteiger partial charge in [0.1, 0.15) is 24.5 Å². The van der Waals surface area contributed by atoms with Crippen molar-refractivity contribution in [2.45, 2.75) is 52.4 Å². The van der Waals surface area contributed by atoms with Crippen LogP contribution < -0.4 is 9.64 Å². The molecule has 2 amide bonds. The number of cyclic esters (lactones) is 1. The Bertz CT molecular complexity index is 1110. The van der Waals surface area contributed by atoms with Crippen molar-refractivity contribution in [3.8, 4) is 5.88 Å². The lowest BCUT2D eigenvalue weighted by molar-refractivity contribution is -0.178. The summed E-state index contributed by atoms with van der Waals surface area (Å²) in [5.41, 5.74) is 0.286. The molecule has 1 saturated heterocycles. The quantitative estimate of drug-likeness (QED) is 0.475. The van der Waals surface area contributed by atoms with Crippen molar-refractivity contribution in [1.82, 2.24) is 10.1 Å². The molecule has 4 rings (SSSR count). The normalized spacial score (nSPS) is 17.5. The zero-order valence-corrected chi connectivity index (χ0v) is 21.9. The van der Waals surface area contributed by atoms with Crippen LogP contribution in [0.3, 0.4) is 0 Å². The van der Waals surface area contributed by atoms with Crippen LogP contribution in [-0.2, 0) is 14.3 Å². The van der Waals surface area contributed by atoms with Crippen LogP contribution in [0, 0.1) is 11.6 Å². The maximum atomic E-state index is 15.0. The molecule has 0 aliphatic carbocycles. The molecular weight excluding hydrogens is 504 g/mol. The summed E-state index contributed by atoms with van der Waals surface area (Å²) in [4.78, 5) is 27.3. The van der Waals surface area contributed by atoms with Gasteiger partial charge in [0, 0.05) is 24.7 Å². The first-order chi connectivity index (χ1) is 18.1. The highest BCUT2D eigenvalue weighted by molar-refractivity contribution is 5.90. The average Bonchev–Trinajstić information content (AvgIpc) is 3.52. The van der Waals surface area contributed by atoms with E-state index in [0.717, 1.165) is 17.0 Å². The summed E-state index contributed by atoms with van der Waals surface area (Å²) in [5, 5.41) is 13.2. The molecule has 2 aromatic rings. The fourth-order valence-corrected chi connectivity index (χ4v) is 3.96. The van der Waals surface area contributed by atoms with Crippen LogP contribution in [0.15, 0.2) is 35.1 Å². The Morgan fingerprint density at radius 1 is 1.26 bits per heavy atom. The number of anilines is 1. The number of carbonyl (C=O) groups is 2. The Hall–Kier alpha value is -3.51. The Morgan fingerprint density at radius 3 is 2.55 bits per heavy atom. The highest BCUT2D eigenvalue weighted by Crippen LogP contribution is 2.32. The van der Waals surface area contributed by atoms with Crippen molar-refractivity contribution in [3.05, 3.63) is 47.7 Å². The molecule has 12 heteroatoms. The predicted octanol–water partition coefficient (Wildman–Crippen LogP) is 4.13. The van der Waals surface area contributed by atoms with Gasteiger partial charge in [-0.2, -0.15) is 0 Å². The van der Waals surface area contributed by atoms with Gasteiger partial charge in [-0.25, -0.2) is 13.6 Å². The van der Waals surface area contributed by atoms with Gasteiger partial charge in [0.2, 0.25) is 5.91 Å². The molecule has 0 saturated carbocycles. The van der Waals surface area contributed by atoms with Crippen LogP contribution >= 0.6 is 0 Å². The lowest BCUT2D eigenvalue weighted by atomic mass is 9.97. The van der Waals surface area contributed by atoms with E-state index >= 15 is 8.78 Å². The van der Waals surface area contributed by atoms with Gasteiger partial charge in [0.15, 0.2) is 11.9 Å². The van der Waals surface area contributed by atoms with Gasteiger partial charge >= 0.3 is 6.09 Å². The summed E-state index contributed by atoms with van der Waals surface area (Å²) >= 11 is 0. The molecule has 1 atom stereocenters. The van der Waals surface area contributed by atoms with Crippen LogP contribution in [0.4, 0.5) is 19.3 Å². The number of benzene rings is 1. The highest BCUT2D eigenvalue weighted by Gasteiger charge is 2.34. The predicted molar refractivity (Wildman–Crippen MR) is 133 cm³/mol. The number of carbonyl (C=O) groups excluding carboxylic acids is 2. The number of aromatic nitrogens is 1. The van der Waals surface area contributed by atoms with Crippen LogP contribution in [0.5, 0.6) is 5.88 Å². The van der Waals surface area contributed by atoms with Gasteiger partial charge in [-0.3, -0.25) is 9.69 Å². The smallest absolute Gasteiger partial charge is 0.414 e. The Kier molecular flexibility index (Phi) is 9.81. The second-order valence-corrected chi connectivity index (χ2v) is 8.91. The zero-order valence-electron chi connectivity index (χ0n) is 21.9. The molecule has 1 fully saturated rings. The van der Waals surface area contributed by atoms with E-state index in [-0.39, 0.29) is 62.2 Å². The van der Waals surface area contributed by atoms with Crippen molar-refractivity contribution in [1.29, 1.82) is 0 Å². The third-order valence-corrected chi connectivity index (χ3v) is 5.70. The van der Waals surface area contributed by atoms with E-state index in [0.29, 0.717) is 12.1 Å². The third-order valence-electron chi connectivity index (χ3n) is 5.70. The molecule has 1 aromatic heterocycles. The molecule has 1 aromatic carbocycles.